The maximum absolute atomic E-state index is 13.3. The van der Waals surface area contributed by atoms with Crippen molar-refractivity contribution in [1.82, 2.24) is 5.32 Å². The standard InChI is InChI=1S/C24H27NO7/c1-3-31-19(26)15-18(24(30)32-4-2)21(23(28)29)25-22(27)20(16-11-7-5-8-12-16)17-13-9-6-10-14-17/h5-14,18,20-21H,3-4,15H2,1-2H3,(H,25,27)(H,28,29)/t18-,21+/m1/s1. The van der Waals surface area contributed by atoms with Crippen LogP contribution >= 0.6 is 0 Å². The Labute approximate surface area is 186 Å². The third kappa shape index (κ3) is 6.66. The summed E-state index contributed by atoms with van der Waals surface area (Å²) in [5, 5.41) is 12.3. The van der Waals surface area contributed by atoms with E-state index in [0.717, 1.165) is 0 Å². The molecule has 1 amide bonds. The van der Waals surface area contributed by atoms with Crippen molar-refractivity contribution >= 4 is 23.8 Å². The molecule has 2 atom stereocenters. The van der Waals surface area contributed by atoms with Gasteiger partial charge in [-0.3, -0.25) is 14.4 Å². The molecule has 32 heavy (non-hydrogen) atoms. The van der Waals surface area contributed by atoms with Gasteiger partial charge in [0.15, 0.2) is 0 Å². The molecule has 0 aliphatic heterocycles. The summed E-state index contributed by atoms with van der Waals surface area (Å²) >= 11 is 0. The lowest BCUT2D eigenvalue weighted by molar-refractivity contribution is -0.160. The summed E-state index contributed by atoms with van der Waals surface area (Å²) < 4.78 is 9.83. The molecule has 2 aromatic carbocycles. The highest BCUT2D eigenvalue weighted by molar-refractivity contribution is 5.94. The smallest absolute Gasteiger partial charge is 0.327 e. The number of rotatable bonds is 11. The Bertz CT molecular complexity index is 875. The largest absolute Gasteiger partial charge is 0.480 e. The van der Waals surface area contributed by atoms with Gasteiger partial charge in [0.2, 0.25) is 5.91 Å². The van der Waals surface area contributed by atoms with Crippen LogP contribution in [0.3, 0.4) is 0 Å². The fourth-order valence-electron chi connectivity index (χ4n) is 3.34. The quantitative estimate of drug-likeness (QED) is 0.514. The zero-order valence-electron chi connectivity index (χ0n) is 18.0. The third-order valence-corrected chi connectivity index (χ3v) is 4.78. The third-order valence-electron chi connectivity index (χ3n) is 4.78. The van der Waals surface area contributed by atoms with Gasteiger partial charge in [-0.2, -0.15) is 0 Å². The minimum atomic E-state index is -1.68. The summed E-state index contributed by atoms with van der Waals surface area (Å²) in [4.78, 5) is 49.8. The van der Waals surface area contributed by atoms with Gasteiger partial charge in [0, 0.05) is 0 Å². The SMILES string of the molecule is CCOC(=O)C[C@@H](C(=O)OCC)[C@H](NC(=O)C(c1ccccc1)c1ccccc1)C(=O)O. The number of nitrogens with one attached hydrogen (secondary N) is 1. The number of amides is 1. The molecule has 8 heteroatoms. The molecule has 2 aromatic rings. The first-order valence-electron chi connectivity index (χ1n) is 10.3. The summed E-state index contributed by atoms with van der Waals surface area (Å²) in [5.41, 5.74) is 1.30. The van der Waals surface area contributed by atoms with E-state index in [2.05, 4.69) is 5.32 Å². The molecule has 0 spiro atoms. The molecule has 2 N–H and O–H groups in total. The Morgan fingerprint density at radius 2 is 1.34 bits per heavy atom. The molecule has 0 bridgehead atoms. The Balaban J connectivity index is 2.38. The van der Waals surface area contributed by atoms with Gasteiger partial charge >= 0.3 is 17.9 Å². The Morgan fingerprint density at radius 1 is 0.844 bits per heavy atom. The molecule has 0 radical (unpaired) electrons. The van der Waals surface area contributed by atoms with Gasteiger partial charge in [0.05, 0.1) is 31.5 Å². The van der Waals surface area contributed by atoms with E-state index in [1.54, 1.807) is 74.5 Å². The first-order chi connectivity index (χ1) is 15.4. The minimum absolute atomic E-state index is 0.00486. The molecule has 0 fully saturated rings. The zero-order chi connectivity index (χ0) is 23.5. The van der Waals surface area contributed by atoms with Crippen LogP contribution in [0.2, 0.25) is 0 Å². The van der Waals surface area contributed by atoms with Crippen molar-refractivity contribution < 1.29 is 33.8 Å². The fourth-order valence-corrected chi connectivity index (χ4v) is 3.34. The van der Waals surface area contributed by atoms with E-state index in [-0.39, 0.29) is 13.2 Å². The van der Waals surface area contributed by atoms with Crippen LogP contribution in [-0.2, 0) is 28.7 Å². The summed E-state index contributed by atoms with van der Waals surface area (Å²) in [6.07, 6.45) is -0.536. The van der Waals surface area contributed by atoms with Crippen molar-refractivity contribution in [1.29, 1.82) is 0 Å². The first kappa shape index (κ1) is 24.6. The van der Waals surface area contributed by atoms with Crippen LogP contribution in [0.1, 0.15) is 37.3 Å². The van der Waals surface area contributed by atoms with Crippen molar-refractivity contribution in [2.75, 3.05) is 13.2 Å². The second kappa shape index (κ2) is 12.2. The monoisotopic (exact) mass is 441 g/mol. The number of aliphatic carboxylic acids is 1. The van der Waals surface area contributed by atoms with E-state index < -0.39 is 48.1 Å². The number of ether oxygens (including phenoxy) is 2. The highest BCUT2D eigenvalue weighted by atomic mass is 16.5. The predicted octanol–water partition coefficient (Wildman–Crippen LogP) is 2.52. The number of carboxylic acids is 1. The van der Waals surface area contributed by atoms with Crippen LogP contribution in [0.4, 0.5) is 0 Å². The molecule has 8 nitrogen and oxygen atoms in total. The normalized spacial score (nSPS) is 12.5. The van der Waals surface area contributed by atoms with Crippen LogP contribution in [0.5, 0.6) is 0 Å². The highest BCUT2D eigenvalue weighted by Crippen LogP contribution is 2.26. The van der Waals surface area contributed by atoms with Crippen LogP contribution in [-0.4, -0.2) is 48.2 Å². The second-order valence-corrected chi connectivity index (χ2v) is 6.95. The molecular weight excluding hydrogens is 414 g/mol. The maximum atomic E-state index is 13.3. The van der Waals surface area contributed by atoms with Gasteiger partial charge in [0.25, 0.3) is 0 Å². The number of hydrogen-bond donors (Lipinski definition) is 2. The maximum Gasteiger partial charge on any atom is 0.327 e. The lowest BCUT2D eigenvalue weighted by Gasteiger charge is -2.25. The fraction of sp³-hybridized carbons (Fsp3) is 0.333. The molecule has 0 unspecified atom stereocenters. The molecule has 2 rings (SSSR count). The van der Waals surface area contributed by atoms with Gasteiger partial charge < -0.3 is 19.9 Å². The van der Waals surface area contributed by atoms with Gasteiger partial charge in [-0.1, -0.05) is 60.7 Å². The highest BCUT2D eigenvalue weighted by Gasteiger charge is 2.39. The van der Waals surface area contributed by atoms with Crippen molar-refractivity contribution in [3.8, 4) is 0 Å². The van der Waals surface area contributed by atoms with Crippen molar-refractivity contribution in [3.05, 3.63) is 71.8 Å². The number of esters is 2. The Kier molecular flexibility index (Phi) is 9.41. The van der Waals surface area contributed by atoms with Crippen molar-refractivity contribution in [2.45, 2.75) is 32.2 Å². The van der Waals surface area contributed by atoms with Gasteiger partial charge in [-0.05, 0) is 25.0 Å². The van der Waals surface area contributed by atoms with Crippen molar-refractivity contribution in [2.24, 2.45) is 5.92 Å². The van der Waals surface area contributed by atoms with E-state index in [1.807, 2.05) is 0 Å². The molecular formula is C24H27NO7. The van der Waals surface area contributed by atoms with Crippen LogP contribution < -0.4 is 5.32 Å². The molecule has 170 valence electrons. The summed E-state index contributed by atoms with van der Waals surface area (Å²) in [6, 6.07) is 16.1. The van der Waals surface area contributed by atoms with E-state index in [4.69, 9.17) is 9.47 Å². The van der Waals surface area contributed by atoms with Crippen molar-refractivity contribution in [3.63, 3.8) is 0 Å². The first-order valence-corrected chi connectivity index (χ1v) is 10.3. The minimum Gasteiger partial charge on any atom is -0.480 e. The zero-order valence-corrected chi connectivity index (χ0v) is 18.0. The number of carbonyl (C=O) groups is 4. The van der Waals surface area contributed by atoms with Crippen LogP contribution in [0.25, 0.3) is 0 Å². The molecule has 0 heterocycles. The molecule has 0 saturated carbocycles. The summed E-state index contributed by atoms with van der Waals surface area (Å²) in [7, 11) is 0. The van der Waals surface area contributed by atoms with Crippen LogP contribution in [0.15, 0.2) is 60.7 Å². The molecule has 0 aliphatic rings. The molecule has 0 aromatic heterocycles. The van der Waals surface area contributed by atoms with Gasteiger partial charge in [-0.25, -0.2) is 4.79 Å². The number of benzene rings is 2. The predicted molar refractivity (Wildman–Crippen MR) is 116 cm³/mol. The van der Waals surface area contributed by atoms with Gasteiger partial charge in [0.1, 0.15) is 6.04 Å². The topological polar surface area (TPSA) is 119 Å². The number of carbonyl (C=O) groups excluding carboxylic acids is 3. The molecule has 0 aliphatic carbocycles. The van der Waals surface area contributed by atoms with Crippen LogP contribution in [0, 0.1) is 5.92 Å². The van der Waals surface area contributed by atoms with E-state index >= 15 is 0 Å². The van der Waals surface area contributed by atoms with E-state index in [9.17, 15) is 24.3 Å². The van der Waals surface area contributed by atoms with Gasteiger partial charge in [-0.15, -0.1) is 0 Å². The average Bonchev–Trinajstić information content (AvgIpc) is 2.78. The average molecular weight is 441 g/mol. The second-order valence-electron chi connectivity index (χ2n) is 6.95. The van der Waals surface area contributed by atoms with E-state index in [1.165, 1.54) is 0 Å². The lowest BCUT2D eigenvalue weighted by Crippen LogP contribution is -2.51. The van der Waals surface area contributed by atoms with E-state index in [0.29, 0.717) is 11.1 Å². The summed E-state index contributed by atoms with van der Waals surface area (Å²) in [6.45, 7) is 3.23. The number of hydrogen-bond acceptors (Lipinski definition) is 6. The Morgan fingerprint density at radius 3 is 1.78 bits per heavy atom. The lowest BCUT2D eigenvalue weighted by atomic mass is 9.89. The molecule has 0 saturated heterocycles. The number of carboxylic acid groups (broad SMARTS) is 1. The Hall–Kier alpha value is -3.68. The summed E-state index contributed by atoms with van der Waals surface area (Å²) in [5.74, 6) is -5.99.